The van der Waals surface area contributed by atoms with E-state index in [1.165, 1.54) is 4.90 Å². The molecular formula is C13H17F3N2O3S2. The normalized spacial score (nSPS) is 12.2. The lowest BCUT2D eigenvalue weighted by atomic mass is 10.4. The highest BCUT2D eigenvalue weighted by atomic mass is 32.2. The summed E-state index contributed by atoms with van der Waals surface area (Å²) in [5.41, 5.74) is -4.44. The van der Waals surface area contributed by atoms with Crippen molar-refractivity contribution < 1.29 is 26.4 Å². The number of carbonyl (C=O) groups excluding carboxylic acids is 1. The first-order chi connectivity index (χ1) is 10.6. The number of carbonyl (C=O) groups is 1. The van der Waals surface area contributed by atoms with Crippen LogP contribution in [-0.2, 0) is 14.8 Å². The van der Waals surface area contributed by atoms with E-state index in [1.807, 2.05) is 0 Å². The highest BCUT2D eigenvalue weighted by molar-refractivity contribution is 8.00. The molecule has 0 saturated heterocycles. The predicted molar refractivity (Wildman–Crippen MR) is 81.5 cm³/mol. The van der Waals surface area contributed by atoms with E-state index in [0.717, 1.165) is 24.3 Å². The van der Waals surface area contributed by atoms with Crippen molar-refractivity contribution in [3.05, 3.63) is 24.3 Å². The van der Waals surface area contributed by atoms with Gasteiger partial charge in [0.05, 0.1) is 11.4 Å². The van der Waals surface area contributed by atoms with Crippen molar-refractivity contribution in [1.29, 1.82) is 0 Å². The van der Waals surface area contributed by atoms with E-state index in [4.69, 9.17) is 0 Å². The average Bonchev–Trinajstić information content (AvgIpc) is 2.45. The third-order valence-electron chi connectivity index (χ3n) is 2.90. The van der Waals surface area contributed by atoms with E-state index >= 15 is 0 Å². The molecule has 0 radical (unpaired) electrons. The fourth-order valence-electron chi connectivity index (χ4n) is 1.75. The van der Waals surface area contributed by atoms with Gasteiger partial charge in [0.2, 0.25) is 15.9 Å². The Bertz CT molecular complexity index is 627. The zero-order valence-corrected chi connectivity index (χ0v) is 14.2. The smallest absolute Gasteiger partial charge is 0.342 e. The predicted octanol–water partition coefficient (Wildman–Crippen LogP) is 2.45. The number of benzene rings is 1. The molecular weight excluding hydrogens is 353 g/mol. The number of hydrogen-bond acceptors (Lipinski definition) is 4. The van der Waals surface area contributed by atoms with Crippen molar-refractivity contribution in [3.8, 4) is 0 Å². The third kappa shape index (κ3) is 6.40. The number of hydrogen-bond donors (Lipinski definition) is 1. The molecule has 1 rings (SSSR count). The highest BCUT2D eigenvalue weighted by Crippen LogP contribution is 2.36. The number of alkyl halides is 3. The molecule has 0 saturated carbocycles. The van der Waals surface area contributed by atoms with Crippen LogP contribution in [0.25, 0.3) is 0 Å². The Morgan fingerprint density at radius 2 is 1.70 bits per heavy atom. The number of halogens is 3. The summed E-state index contributed by atoms with van der Waals surface area (Å²) in [6.07, 6.45) is 0. The lowest BCUT2D eigenvalue weighted by molar-refractivity contribution is -0.129. The quantitative estimate of drug-likeness (QED) is 0.749. The number of amides is 1. The van der Waals surface area contributed by atoms with Crippen LogP contribution in [0.4, 0.5) is 13.2 Å². The van der Waals surface area contributed by atoms with Gasteiger partial charge in [-0.25, -0.2) is 13.1 Å². The molecule has 1 amide bonds. The van der Waals surface area contributed by atoms with Crippen LogP contribution in [0.2, 0.25) is 0 Å². The van der Waals surface area contributed by atoms with Gasteiger partial charge in [0.1, 0.15) is 0 Å². The van der Waals surface area contributed by atoms with Crippen LogP contribution >= 0.6 is 11.8 Å². The van der Waals surface area contributed by atoms with Gasteiger partial charge in [-0.05, 0) is 49.9 Å². The summed E-state index contributed by atoms with van der Waals surface area (Å²) in [7, 11) is -3.95. The van der Waals surface area contributed by atoms with Gasteiger partial charge in [-0.2, -0.15) is 13.2 Å². The molecule has 23 heavy (non-hydrogen) atoms. The number of thioether (sulfide) groups is 1. The minimum Gasteiger partial charge on any atom is -0.342 e. The second kappa shape index (κ2) is 8.02. The Kier molecular flexibility index (Phi) is 6.90. The summed E-state index contributed by atoms with van der Waals surface area (Å²) in [6, 6.07) is 4.27. The van der Waals surface area contributed by atoms with E-state index in [-0.39, 0.29) is 27.5 Å². The van der Waals surface area contributed by atoms with Crippen LogP contribution in [-0.4, -0.2) is 44.4 Å². The van der Waals surface area contributed by atoms with E-state index in [9.17, 15) is 26.4 Å². The van der Waals surface area contributed by atoms with Crippen LogP contribution in [0.1, 0.15) is 13.8 Å². The van der Waals surface area contributed by atoms with Crippen molar-refractivity contribution in [2.75, 3.05) is 19.6 Å². The minimum atomic E-state index is -4.44. The Morgan fingerprint density at radius 1 is 1.17 bits per heavy atom. The maximum Gasteiger partial charge on any atom is 0.446 e. The van der Waals surface area contributed by atoms with Crippen molar-refractivity contribution >= 4 is 27.7 Å². The van der Waals surface area contributed by atoms with Crippen molar-refractivity contribution in [3.63, 3.8) is 0 Å². The van der Waals surface area contributed by atoms with Crippen LogP contribution in [0.5, 0.6) is 0 Å². The highest BCUT2D eigenvalue weighted by Gasteiger charge is 2.29. The van der Waals surface area contributed by atoms with Crippen LogP contribution in [0.3, 0.4) is 0 Å². The van der Waals surface area contributed by atoms with E-state index < -0.39 is 22.1 Å². The maximum absolute atomic E-state index is 12.2. The van der Waals surface area contributed by atoms with Gasteiger partial charge in [-0.3, -0.25) is 4.79 Å². The molecule has 130 valence electrons. The van der Waals surface area contributed by atoms with Crippen molar-refractivity contribution in [1.82, 2.24) is 9.62 Å². The largest absolute Gasteiger partial charge is 0.446 e. The average molecular weight is 370 g/mol. The maximum atomic E-state index is 12.2. The minimum absolute atomic E-state index is 0.115. The number of nitrogens with zero attached hydrogens (tertiary/aromatic N) is 1. The molecule has 0 aliphatic heterocycles. The Labute approximate surface area is 137 Å². The van der Waals surface area contributed by atoms with Crippen LogP contribution in [0.15, 0.2) is 34.1 Å². The molecule has 0 unspecified atom stereocenters. The summed E-state index contributed by atoms with van der Waals surface area (Å²) >= 11 is -0.328. The molecule has 0 aliphatic rings. The third-order valence-corrected chi connectivity index (χ3v) is 5.05. The second-order valence-electron chi connectivity index (χ2n) is 4.41. The Hall–Kier alpha value is -1.26. The molecule has 10 heteroatoms. The standard InChI is InChI=1S/C13H17F3N2O3S2/c1-3-18(4-2)12(19)9-17-23(20,21)11-7-5-10(6-8-11)22-13(14,15)16/h5-8,17H,3-4,9H2,1-2H3. The van der Waals surface area contributed by atoms with Gasteiger partial charge >= 0.3 is 5.51 Å². The lowest BCUT2D eigenvalue weighted by Crippen LogP contribution is -2.39. The number of nitrogens with one attached hydrogen (secondary N) is 1. The molecule has 0 heterocycles. The number of rotatable bonds is 7. The summed E-state index contributed by atoms with van der Waals surface area (Å²) in [5, 5.41) is 0. The summed E-state index contributed by atoms with van der Waals surface area (Å²) in [4.78, 5) is 12.9. The fourth-order valence-corrected chi connectivity index (χ4v) is 3.26. The van der Waals surface area contributed by atoms with Crippen LogP contribution in [0, 0.1) is 0 Å². The lowest BCUT2D eigenvalue weighted by Gasteiger charge is -2.18. The van der Waals surface area contributed by atoms with Gasteiger partial charge in [0, 0.05) is 18.0 Å². The SMILES string of the molecule is CCN(CC)C(=O)CNS(=O)(=O)c1ccc(SC(F)(F)F)cc1. The molecule has 0 atom stereocenters. The summed E-state index contributed by atoms with van der Waals surface area (Å²) < 4.78 is 62.8. The fraction of sp³-hybridized carbons (Fsp3) is 0.462. The number of sulfonamides is 1. The molecule has 0 spiro atoms. The van der Waals surface area contributed by atoms with Gasteiger partial charge < -0.3 is 4.90 Å². The molecule has 1 N–H and O–H groups in total. The Balaban J connectivity index is 2.75. The topological polar surface area (TPSA) is 66.5 Å². The van der Waals surface area contributed by atoms with E-state index in [2.05, 4.69) is 4.72 Å². The van der Waals surface area contributed by atoms with Crippen molar-refractivity contribution in [2.24, 2.45) is 0 Å². The zero-order valence-electron chi connectivity index (χ0n) is 12.6. The van der Waals surface area contributed by atoms with Gasteiger partial charge in [0.25, 0.3) is 0 Å². The van der Waals surface area contributed by atoms with Gasteiger partial charge in [-0.15, -0.1) is 0 Å². The van der Waals surface area contributed by atoms with Crippen molar-refractivity contribution in [2.45, 2.75) is 29.1 Å². The zero-order chi connectivity index (χ0) is 17.7. The van der Waals surface area contributed by atoms with Gasteiger partial charge in [0.15, 0.2) is 0 Å². The number of likely N-dealkylation sites (N-methyl/N-ethyl adjacent to an activating group) is 1. The first-order valence-corrected chi connectivity index (χ1v) is 9.02. The first-order valence-electron chi connectivity index (χ1n) is 6.72. The molecule has 0 aliphatic carbocycles. The monoisotopic (exact) mass is 370 g/mol. The molecule has 0 fully saturated rings. The van der Waals surface area contributed by atoms with Gasteiger partial charge in [-0.1, -0.05) is 0 Å². The molecule has 0 aromatic heterocycles. The van der Waals surface area contributed by atoms with Crippen LogP contribution < -0.4 is 4.72 Å². The first kappa shape index (κ1) is 19.8. The summed E-state index contributed by atoms with van der Waals surface area (Å²) in [5.74, 6) is -0.372. The second-order valence-corrected chi connectivity index (χ2v) is 7.32. The molecule has 1 aromatic carbocycles. The van der Waals surface area contributed by atoms with E-state index in [0.29, 0.717) is 13.1 Å². The molecule has 0 bridgehead atoms. The Morgan fingerprint density at radius 3 is 2.13 bits per heavy atom. The molecule has 1 aromatic rings. The van der Waals surface area contributed by atoms with E-state index in [1.54, 1.807) is 13.8 Å². The summed E-state index contributed by atoms with van der Waals surface area (Å²) in [6.45, 7) is 4.06. The molecule has 5 nitrogen and oxygen atoms in total.